The van der Waals surface area contributed by atoms with Gasteiger partial charge in [-0.3, -0.25) is 14.3 Å². The molecule has 134 valence electrons. The first-order valence-corrected chi connectivity index (χ1v) is 8.45. The maximum atomic E-state index is 13.1. The third-order valence-corrected chi connectivity index (χ3v) is 4.39. The largest absolute Gasteiger partial charge is 0.379 e. The molecule has 1 saturated heterocycles. The second-order valence-electron chi connectivity index (χ2n) is 6.21. The van der Waals surface area contributed by atoms with Crippen molar-refractivity contribution in [1.29, 1.82) is 0 Å². The average molecular weight is 347 g/mol. The molecule has 1 aliphatic rings. The summed E-state index contributed by atoms with van der Waals surface area (Å²) in [6.07, 6.45) is 2.41. The van der Waals surface area contributed by atoms with E-state index in [0.29, 0.717) is 17.8 Å². The summed E-state index contributed by atoms with van der Waals surface area (Å²) in [6.45, 7) is 6.39. The van der Waals surface area contributed by atoms with Gasteiger partial charge < -0.3 is 4.74 Å². The zero-order valence-corrected chi connectivity index (χ0v) is 14.3. The van der Waals surface area contributed by atoms with Gasteiger partial charge in [-0.2, -0.15) is 0 Å². The zero-order chi connectivity index (χ0) is 17.8. The van der Waals surface area contributed by atoms with E-state index in [1.807, 2.05) is 0 Å². The van der Waals surface area contributed by atoms with Crippen LogP contribution in [0.2, 0.25) is 0 Å². The van der Waals surface area contributed by atoms with Crippen molar-refractivity contribution in [2.24, 2.45) is 0 Å². The third kappa shape index (κ3) is 4.05. The summed E-state index contributed by atoms with van der Waals surface area (Å²) >= 11 is 0. The quantitative estimate of drug-likeness (QED) is 0.815. The van der Waals surface area contributed by atoms with Crippen molar-refractivity contribution in [3.63, 3.8) is 0 Å². The molecule has 1 fully saturated rings. The Balaban J connectivity index is 1.81. The summed E-state index contributed by atoms with van der Waals surface area (Å²) in [5, 5.41) is 0. The third-order valence-electron chi connectivity index (χ3n) is 4.39. The minimum Gasteiger partial charge on any atom is -0.379 e. The number of aryl methyl sites for hydroxylation is 2. The molecule has 2 aromatic rings. The van der Waals surface area contributed by atoms with Gasteiger partial charge in [0.2, 0.25) is 0 Å². The van der Waals surface area contributed by atoms with Crippen molar-refractivity contribution in [3.05, 3.63) is 62.7 Å². The molecule has 0 aliphatic carbocycles. The van der Waals surface area contributed by atoms with E-state index in [0.717, 1.165) is 43.8 Å². The minimum atomic E-state index is -0.407. The van der Waals surface area contributed by atoms with E-state index in [1.165, 1.54) is 24.3 Å². The fourth-order valence-corrected chi connectivity index (χ4v) is 3.00. The van der Waals surface area contributed by atoms with Crippen LogP contribution in [-0.4, -0.2) is 46.9 Å². The molecule has 1 aromatic carbocycles. The smallest absolute Gasteiger partial charge is 0.335 e. The van der Waals surface area contributed by atoms with E-state index in [4.69, 9.17) is 4.74 Å². The topological polar surface area (TPSA) is 56.5 Å². The van der Waals surface area contributed by atoms with Crippen LogP contribution in [-0.2, 0) is 11.3 Å². The van der Waals surface area contributed by atoms with E-state index in [-0.39, 0.29) is 5.56 Å². The molecule has 0 saturated carbocycles. The molecular weight excluding hydrogens is 325 g/mol. The highest BCUT2D eigenvalue weighted by Crippen LogP contribution is 2.05. The molecule has 0 atom stereocenters. The van der Waals surface area contributed by atoms with Crippen LogP contribution < -0.4 is 11.2 Å². The van der Waals surface area contributed by atoms with Crippen molar-refractivity contribution in [2.45, 2.75) is 19.9 Å². The molecule has 0 radical (unpaired) electrons. The second kappa shape index (κ2) is 7.76. The Labute approximate surface area is 145 Å². The first-order chi connectivity index (χ1) is 12.1. The van der Waals surface area contributed by atoms with Crippen molar-refractivity contribution in [3.8, 4) is 5.69 Å². The predicted molar refractivity (Wildman–Crippen MR) is 92.9 cm³/mol. The number of hydrogen-bond donors (Lipinski definition) is 0. The minimum absolute atomic E-state index is 0.374. The SMILES string of the molecule is Cc1cn(CCCN2CCOCC2)c(=O)n(-c2ccc(F)cc2)c1=O. The molecule has 0 N–H and O–H groups in total. The lowest BCUT2D eigenvalue weighted by atomic mass is 10.3. The molecule has 1 aromatic heterocycles. The number of benzene rings is 1. The van der Waals surface area contributed by atoms with Crippen LogP contribution in [0.25, 0.3) is 5.69 Å². The van der Waals surface area contributed by atoms with E-state index >= 15 is 0 Å². The van der Waals surface area contributed by atoms with Gasteiger partial charge in [-0.25, -0.2) is 13.8 Å². The first-order valence-electron chi connectivity index (χ1n) is 8.45. The van der Waals surface area contributed by atoms with Gasteiger partial charge in [-0.05, 0) is 37.6 Å². The zero-order valence-electron chi connectivity index (χ0n) is 14.3. The van der Waals surface area contributed by atoms with E-state index in [9.17, 15) is 14.0 Å². The standard InChI is InChI=1S/C18H22FN3O3/c1-14-13-21(8-2-7-20-9-11-25-12-10-20)18(24)22(17(14)23)16-5-3-15(19)4-6-16/h3-6,13H,2,7-12H2,1H3. The van der Waals surface area contributed by atoms with Gasteiger partial charge in [0.1, 0.15) is 5.82 Å². The Kier molecular flexibility index (Phi) is 5.45. The summed E-state index contributed by atoms with van der Waals surface area (Å²) in [7, 11) is 0. The Morgan fingerprint density at radius 3 is 2.44 bits per heavy atom. The lowest BCUT2D eigenvalue weighted by Gasteiger charge is -2.26. The van der Waals surface area contributed by atoms with Gasteiger partial charge in [0.25, 0.3) is 5.56 Å². The van der Waals surface area contributed by atoms with Crippen LogP contribution in [0.5, 0.6) is 0 Å². The number of aromatic nitrogens is 2. The number of morpholine rings is 1. The van der Waals surface area contributed by atoms with Gasteiger partial charge >= 0.3 is 5.69 Å². The molecule has 7 heteroatoms. The number of hydrogen-bond acceptors (Lipinski definition) is 4. The Hall–Kier alpha value is -2.25. The molecule has 2 heterocycles. The van der Waals surface area contributed by atoms with Crippen molar-refractivity contribution in [1.82, 2.24) is 14.0 Å². The maximum Gasteiger partial charge on any atom is 0.335 e. The summed E-state index contributed by atoms with van der Waals surface area (Å²) in [4.78, 5) is 27.4. The highest BCUT2D eigenvalue weighted by atomic mass is 19.1. The van der Waals surface area contributed by atoms with Gasteiger partial charge in [-0.15, -0.1) is 0 Å². The van der Waals surface area contributed by atoms with Crippen LogP contribution in [0.4, 0.5) is 4.39 Å². The molecule has 3 rings (SSSR count). The molecule has 0 spiro atoms. The fourth-order valence-electron chi connectivity index (χ4n) is 3.00. The number of halogens is 1. The van der Waals surface area contributed by atoms with E-state index < -0.39 is 11.5 Å². The Morgan fingerprint density at radius 1 is 1.08 bits per heavy atom. The highest BCUT2D eigenvalue weighted by Gasteiger charge is 2.13. The van der Waals surface area contributed by atoms with Gasteiger partial charge in [-0.1, -0.05) is 0 Å². The van der Waals surface area contributed by atoms with Gasteiger partial charge in [0.15, 0.2) is 0 Å². The summed E-state index contributed by atoms with van der Waals surface area (Å²) in [6, 6.07) is 5.36. The first kappa shape index (κ1) is 17.6. The van der Waals surface area contributed by atoms with Crippen molar-refractivity contribution in [2.75, 3.05) is 32.8 Å². The lowest BCUT2D eigenvalue weighted by molar-refractivity contribution is 0.0369. The molecule has 1 aliphatic heterocycles. The van der Waals surface area contributed by atoms with E-state index in [1.54, 1.807) is 17.7 Å². The normalized spacial score (nSPS) is 15.4. The van der Waals surface area contributed by atoms with Crippen LogP contribution >= 0.6 is 0 Å². The highest BCUT2D eigenvalue weighted by molar-refractivity contribution is 5.32. The van der Waals surface area contributed by atoms with Gasteiger partial charge in [0, 0.05) is 37.9 Å². The van der Waals surface area contributed by atoms with Crippen molar-refractivity contribution >= 4 is 0 Å². The van der Waals surface area contributed by atoms with Crippen molar-refractivity contribution < 1.29 is 9.13 Å². The Bertz CT molecular complexity index is 836. The number of nitrogens with zero attached hydrogens (tertiary/aromatic N) is 3. The van der Waals surface area contributed by atoms with Crippen LogP contribution in [0.1, 0.15) is 12.0 Å². The predicted octanol–water partition coefficient (Wildman–Crippen LogP) is 1.17. The molecule has 25 heavy (non-hydrogen) atoms. The lowest BCUT2D eigenvalue weighted by Crippen LogP contribution is -2.40. The number of rotatable bonds is 5. The summed E-state index contributed by atoms with van der Waals surface area (Å²) in [5.74, 6) is -0.407. The summed E-state index contributed by atoms with van der Waals surface area (Å²) in [5.41, 5.74) is 0.0857. The second-order valence-corrected chi connectivity index (χ2v) is 6.21. The van der Waals surface area contributed by atoms with Crippen LogP contribution in [0, 0.1) is 12.7 Å². The van der Waals surface area contributed by atoms with Gasteiger partial charge in [0.05, 0.1) is 18.9 Å². The number of ether oxygens (including phenoxy) is 1. The summed E-state index contributed by atoms with van der Waals surface area (Å²) < 4.78 is 21.1. The molecule has 0 bridgehead atoms. The Morgan fingerprint density at radius 2 is 1.76 bits per heavy atom. The molecule has 6 nitrogen and oxygen atoms in total. The average Bonchev–Trinajstić information content (AvgIpc) is 2.62. The van der Waals surface area contributed by atoms with E-state index in [2.05, 4.69) is 4.90 Å². The molecular formula is C18H22FN3O3. The fraction of sp³-hybridized carbons (Fsp3) is 0.444. The van der Waals surface area contributed by atoms with Crippen LogP contribution in [0.15, 0.2) is 40.1 Å². The maximum absolute atomic E-state index is 13.1. The monoisotopic (exact) mass is 347 g/mol. The molecule has 0 unspecified atom stereocenters. The molecule has 0 amide bonds. The van der Waals surface area contributed by atoms with Crippen LogP contribution in [0.3, 0.4) is 0 Å².